The highest BCUT2D eigenvalue weighted by Crippen LogP contribution is 2.22. The number of carbonyl (C=O) groups excluding carboxylic acids is 1. The van der Waals surface area contributed by atoms with Gasteiger partial charge in [-0.3, -0.25) is 4.79 Å². The summed E-state index contributed by atoms with van der Waals surface area (Å²) in [5.41, 5.74) is 1.13. The van der Waals surface area contributed by atoms with Crippen molar-refractivity contribution < 1.29 is 4.79 Å². The fraction of sp³-hybridized carbons (Fsp3) is 0.588. The number of hydrogen-bond donors (Lipinski definition) is 2. The molecule has 1 saturated heterocycles. The number of piperidine rings is 1. The van der Waals surface area contributed by atoms with E-state index in [0.29, 0.717) is 6.04 Å². The topological polar surface area (TPSA) is 41.1 Å². The molecule has 0 saturated carbocycles. The molecule has 1 aromatic carbocycles. The van der Waals surface area contributed by atoms with Crippen molar-refractivity contribution in [2.24, 2.45) is 0 Å². The van der Waals surface area contributed by atoms with Gasteiger partial charge in [-0.05, 0) is 38.3 Å². The summed E-state index contributed by atoms with van der Waals surface area (Å²) in [6, 6.07) is 10.8. The lowest BCUT2D eigenvalue weighted by molar-refractivity contribution is -0.123. The first-order valence-electron chi connectivity index (χ1n) is 7.81. The van der Waals surface area contributed by atoms with Crippen molar-refractivity contribution in [2.75, 3.05) is 6.54 Å². The molecule has 0 spiro atoms. The van der Waals surface area contributed by atoms with E-state index >= 15 is 0 Å². The number of hydrogen-bond acceptors (Lipinski definition) is 2. The van der Waals surface area contributed by atoms with Gasteiger partial charge in [-0.2, -0.15) is 0 Å². The predicted molar refractivity (Wildman–Crippen MR) is 90.0 cm³/mol. The molecule has 2 rings (SSSR count). The van der Waals surface area contributed by atoms with E-state index in [-0.39, 0.29) is 30.3 Å². The summed E-state index contributed by atoms with van der Waals surface area (Å²) in [6.45, 7) is 5.35. The van der Waals surface area contributed by atoms with Crippen molar-refractivity contribution in [1.29, 1.82) is 0 Å². The Morgan fingerprint density at radius 1 is 1.38 bits per heavy atom. The summed E-state index contributed by atoms with van der Waals surface area (Å²) in [7, 11) is 0. The van der Waals surface area contributed by atoms with E-state index in [4.69, 9.17) is 0 Å². The van der Waals surface area contributed by atoms with Gasteiger partial charge in [-0.15, -0.1) is 12.4 Å². The molecule has 118 valence electrons. The maximum Gasteiger partial charge on any atom is 0.227 e. The molecular weight excluding hydrogens is 284 g/mol. The Bertz CT molecular complexity index is 424. The van der Waals surface area contributed by atoms with Crippen LogP contribution in [0, 0.1) is 0 Å². The summed E-state index contributed by atoms with van der Waals surface area (Å²) in [4.78, 5) is 12.6. The Balaban J connectivity index is 0.00000220. The first-order chi connectivity index (χ1) is 9.72. The van der Waals surface area contributed by atoms with Crippen molar-refractivity contribution in [2.45, 2.75) is 57.5 Å². The van der Waals surface area contributed by atoms with Gasteiger partial charge in [-0.1, -0.05) is 43.7 Å². The summed E-state index contributed by atoms with van der Waals surface area (Å²) >= 11 is 0. The molecule has 1 aliphatic rings. The Labute approximate surface area is 134 Å². The van der Waals surface area contributed by atoms with Crippen molar-refractivity contribution in [3.8, 4) is 0 Å². The van der Waals surface area contributed by atoms with Crippen molar-refractivity contribution in [3.63, 3.8) is 0 Å². The second-order valence-electron chi connectivity index (χ2n) is 5.75. The van der Waals surface area contributed by atoms with Crippen LogP contribution in [0.15, 0.2) is 30.3 Å². The van der Waals surface area contributed by atoms with Gasteiger partial charge < -0.3 is 10.6 Å². The summed E-state index contributed by atoms with van der Waals surface area (Å²) in [5, 5.41) is 6.68. The zero-order valence-electron chi connectivity index (χ0n) is 13.0. The normalized spacial score (nSPS) is 23.0. The Kier molecular flexibility index (Phi) is 7.76. The van der Waals surface area contributed by atoms with Crippen LogP contribution >= 0.6 is 12.4 Å². The summed E-state index contributed by atoms with van der Waals surface area (Å²) in [6.07, 6.45) is 4.14. The lowest BCUT2D eigenvalue weighted by Gasteiger charge is -2.32. The van der Waals surface area contributed by atoms with E-state index < -0.39 is 0 Å². The number of halogens is 1. The van der Waals surface area contributed by atoms with Crippen LogP contribution in [-0.4, -0.2) is 24.5 Å². The van der Waals surface area contributed by atoms with E-state index in [1.54, 1.807) is 0 Å². The number of amides is 1. The van der Waals surface area contributed by atoms with Crippen LogP contribution in [0.1, 0.15) is 51.0 Å². The fourth-order valence-electron chi connectivity index (χ4n) is 2.95. The average Bonchev–Trinajstić information content (AvgIpc) is 2.48. The number of benzene rings is 1. The molecule has 1 heterocycles. The third-order valence-corrected chi connectivity index (χ3v) is 4.19. The van der Waals surface area contributed by atoms with Crippen LogP contribution in [0.25, 0.3) is 0 Å². The van der Waals surface area contributed by atoms with Crippen molar-refractivity contribution in [3.05, 3.63) is 35.9 Å². The number of rotatable bonds is 5. The van der Waals surface area contributed by atoms with Gasteiger partial charge in [0, 0.05) is 12.1 Å². The maximum absolute atomic E-state index is 12.6. The van der Waals surface area contributed by atoms with Gasteiger partial charge in [0.2, 0.25) is 5.91 Å². The highest BCUT2D eigenvalue weighted by atomic mass is 35.5. The van der Waals surface area contributed by atoms with E-state index in [1.165, 1.54) is 0 Å². The van der Waals surface area contributed by atoms with Gasteiger partial charge >= 0.3 is 0 Å². The molecule has 0 aromatic heterocycles. The van der Waals surface area contributed by atoms with Gasteiger partial charge in [0.25, 0.3) is 0 Å². The molecule has 3 atom stereocenters. The SMILES string of the molecule is CCCC(C(=O)NC1CCCNC1C)c1ccccc1.Cl. The van der Waals surface area contributed by atoms with Crippen LogP contribution in [0.3, 0.4) is 0 Å². The predicted octanol–water partition coefficient (Wildman–Crippen LogP) is 3.25. The second kappa shape index (κ2) is 9.06. The summed E-state index contributed by atoms with van der Waals surface area (Å²) in [5.74, 6) is 0.161. The zero-order chi connectivity index (χ0) is 14.4. The molecule has 3 unspecified atom stereocenters. The van der Waals surface area contributed by atoms with Gasteiger partial charge in [0.1, 0.15) is 0 Å². The third kappa shape index (κ3) is 5.01. The molecule has 1 aromatic rings. The first-order valence-corrected chi connectivity index (χ1v) is 7.81. The van der Waals surface area contributed by atoms with Crippen molar-refractivity contribution in [1.82, 2.24) is 10.6 Å². The first kappa shape index (κ1) is 18.0. The molecule has 0 bridgehead atoms. The fourth-order valence-corrected chi connectivity index (χ4v) is 2.95. The van der Waals surface area contributed by atoms with Gasteiger partial charge in [0.05, 0.1) is 5.92 Å². The number of carbonyl (C=O) groups is 1. The largest absolute Gasteiger partial charge is 0.351 e. The molecule has 1 fully saturated rings. The minimum Gasteiger partial charge on any atom is -0.351 e. The lowest BCUT2D eigenvalue weighted by Crippen LogP contribution is -2.52. The molecule has 21 heavy (non-hydrogen) atoms. The molecule has 0 radical (unpaired) electrons. The molecule has 0 aliphatic carbocycles. The molecule has 2 N–H and O–H groups in total. The quantitative estimate of drug-likeness (QED) is 0.876. The van der Waals surface area contributed by atoms with Gasteiger partial charge in [-0.25, -0.2) is 0 Å². The zero-order valence-corrected chi connectivity index (χ0v) is 13.8. The lowest BCUT2D eigenvalue weighted by atomic mass is 9.92. The third-order valence-electron chi connectivity index (χ3n) is 4.19. The van der Waals surface area contributed by atoms with E-state index in [0.717, 1.165) is 37.8 Å². The van der Waals surface area contributed by atoms with Crippen LogP contribution in [0.2, 0.25) is 0 Å². The van der Waals surface area contributed by atoms with E-state index in [9.17, 15) is 4.79 Å². The average molecular weight is 311 g/mol. The summed E-state index contributed by atoms with van der Waals surface area (Å²) < 4.78 is 0. The van der Waals surface area contributed by atoms with Crippen LogP contribution < -0.4 is 10.6 Å². The Morgan fingerprint density at radius 2 is 2.10 bits per heavy atom. The van der Waals surface area contributed by atoms with Crippen LogP contribution in [-0.2, 0) is 4.79 Å². The minimum atomic E-state index is -0.0182. The van der Waals surface area contributed by atoms with E-state index in [1.807, 2.05) is 18.2 Å². The smallest absolute Gasteiger partial charge is 0.227 e. The molecule has 1 aliphatic heterocycles. The second-order valence-corrected chi connectivity index (χ2v) is 5.75. The molecule has 4 heteroatoms. The van der Waals surface area contributed by atoms with Crippen molar-refractivity contribution >= 4 is 18.3 Å². The Morgan fingerprint density at radius 3 is 2.71 bits per heavy atom. The van der Waals surface area contributed by atoms with E-state index in [2.05, 4.69) is 36.6 Å². The molecule has 3 nitrogen and oxygen atoms in total. The highest BCUT2D eigenvalue weighted by Gasteiger charge is 2.26. The Hall–Kier alpha value is -1.06. The standard InChI is InChI=1S/C17H26N2O.ClH/c1-3-8-15(14-9-5-4-6-10-14)17(20)19-16-11-7-12-18-13(16)2;/h4-6,9-10,13,15-16,18H,3,7-8,11-12H2,1-2H3,(H,19,20);1H. The van der Waals surface area contributed by atoms with Crippen LogP contribution in [0.5, 0.6) is 0 Å². The highest BCUT2D eigenvalue weighted by molar-refractivity contribution is 5.85. The maximum atomic E-state index is 12.6. The minimum absolute atomic E-state index is 0. The molecule has 1 amide bonds. The van der Waals surface area contributed by atoms with Gasteiger partial charge in [0.15, 0.2) is 0 Å². The number of nitrogens with one attached hydrogen (secondary N) is 2. The van der Waals surface area contributed by atoms with Crippen LogP contribution in [0.4, 0.5) is 0 Å². The monoisotopic (exact) mass is 310 g/mol. The molecular formula is C17H27ClN2O.